The smallest absolute Gasteiger partial charge is 0.290 e. The molecule has 0 aromatic heterocycles. The van der Waals surface area contributed by atoms with Crippen molar-refractivity contribution in [3.8, 4) is 5.75 Å². The van der Waals surface area contributed by atoms with Gasteiger partial charge in [0.1, 0.15) is 5.75 Å². The molecule has 3 rings (SSSR count). The number of hydrogen-bond acceptors (Lipinski definition) is 6. The van der Waals surface area contributed by atoms with E-state index in [9.17, 15) is 9.59 Å². The number of thioether (sulfide) groups is 1. The van der Waals surface area contributed by atoms with E-state index in [1.807, 2.05) is 32.0 Å². The molecule has 25 heavy (non-hydrogen) atoms. The van der Waals surface area contributed by atoms with Crippen molar-refractivity contribution in [2.24, 2.45) is 5.73 Å². The number of nitrogens with zero attached hydrogens (tertiary/aromatic N) is 1. The highest BCUT2D eigenvalue weighted by Gasteiger charge is 2.28. The van der Waals surface area contributed by atoms with Crippen LogP contribution in [-0.2, 0) is 4.79 Å². The molecule has 3 N–H and O–H groups in total. The third-order valence-electron chi connectivity index (χ3n) is 3.86. The predicted molar refractivity (Wildman–Crippen MR) is 103 cm³/mol. The average molecular weight is 384 g/mol. The number of anilines is 1. The maximum atomic E-state index is 11.9. The Kier molecular flexibility index (Phi) is 6.37. The van der Waals surface area contributed by atoms with Crippen molar-refractivity contribution in [3.63, 3.8) is 0 Å². The number of benzene rings is 1. The summed E-state index contributed by atoms with van der Waals surface area (Å²) < 4.78 is 5.96. The first-order valence-corrected chi connectivity index (χ1v) is 8.80. The molecule has 8 heteroatoms. The number of carbonyl (C=O) groups excluding carboxylic acids is 2. The Balaban J connectivity index is 0.00000225. The number of carbonyl (C=O) groups is 2. The van der Waals surface area contributed by atoms with Gasteiger partial charge in [0, 0.05) is 24.7 Å². The molecule has 2 fully saturated rings. The van der Waals surface area contributed by atoms with Crippen LogP contribution in [0.25, 0.3) is 6.08 Å². The van der Waals surface area contributed by atoms with E-state index in [0.717, 1.165) is 48.3 Å². The summed E-state index contributed by atoms with van der Waals surface area (Å²) in [5.41, 5.74) is 7.84. The molecule has 0 saturated carbocycles. The van der Waals surface area contributed by atoms with Gasteiger partial charge in [0.15, 0.2) is 0 Å². The van der Waals surface area contributed by atoms with E-state index in [4.69, 9.17) is 10.5 Å². The van der Waals surface area contributed by atoms with Crippen LogP contribution in [0, 0.1) is 0 Å². The van der Waals surface area contributed by atoms with E-state index in [2.05, 4.69) is 10.2 Å². The second kappa shape index (κ2) is 8.12. The number of para-hydroxylation sites is 1. The van der Waals surface area contributed by atoms with Gasteiger partial charge in [-0.1, -0.05) is 12.1 Å². The first kappa shape index (κ1) is 19.6. The molecular weight excluding hydrogens is 362 g/mol. The van der Waals surface area contributed by atoms with Gasteiger partial charge in [0.25, 0.3) is 11.1 Å². The highest BCUT2D eigenvalue weighted by molar-refractivity contribution is 8.18. The molecule has 136 valence electrons. The lowest BCUT2D eigenvalue weighted by atomic mass is 10.1. The van der Waals surface area contributed by atoms with Gasteiger partial charge < -0.3 is 15.4 Å². The number of halogens is 1. The zero-order chi connectivity index (χ0) is 17.3. The summed E-state index contributed by atoms with van der Waals surface area (Å²) in [6, 6.07) is 5.87. The van der Waals surface area contributed by atoms with Crippen molar-refractivity contribution < 1.29 is 14.3 Å². The van der Waals surface area contributed by atoms with Gasteiger partial charge in [-0.25, -0.2) is 0 Å². The van der Waals surface area contributed by atoms with Gasteiger partial charge in [-0.05, 0) is 44.2 Å². The number of amides is 2. The molecule has 1 atom stereocenters. The van der Waals surface area contributed by atoms with E-state index < -0.39 is 0 Å². The third-order valence-corrected chi connectivity index (χ3v) is 4.67. The van der Waals surface area contributed by atoms with E-state index in [-0.39, 0.29) is 35.7 Å². The van der Waals surface area contributed by atoms with Gasteiger partial charge in [0.05, 0.1) is 16.7 Å². The van der Waals surface area contributed by atoms with Gasteiger partial charge in [-0.2, -0.15) is 0 Å². The Labute approximate surface area is 157 Å². The number of nitrogens with two attached hydrogens (primary N) is 1. The molecule has 0 radical (unpaired) electrons. The van der Waals surface area contributed by atoms with Gasteiger partial charge >= 0.3 is 0 Å². The summed E-state index contributed by atoms with van der Waals surface area (Å²) >= 11 is 0.918. The molecule has 0 bridgehead atoms. The third kappa shape index (κ3) is 4.48. The Morgan fingerprint density at radius 2 is 2.16 bits per heavy atom. The second-order valence-electron chi connectivity index (χ2n) is 6.21. The first-order chi connectivity index (χ1) is 11.4. The Morgan fingerprint density at radius 1 is 1.40 bits per heavy atom. The van der Waals surface area contributed by atoms with Crippen molar-refractivity contribution >= 4 is 47.1 Å². The lowest BCUT2D eigenvalue weighted by Gasteiger charge is -2.25. The normalized spacial score (nSPS) is 21.7. The van der Waals surface area contributed by atoms with Crippen LogP contribution >= 0.6 is 24.2 Å². The van der Waals surface area contributed by atoms with Crippen LogP contribution in [0.5, 0.6) is 5.75 Å². The standard InChI is InChI=1S/C17H21N3O3S.ClH/c1-10(2)23-13-5-3-4-11(8-14-16(21)19-17(22)24-14)15(13)20-7-6-12(18)9-20;/h3-5,8,10,12H,6-7,9,18H2,1-2H3,(H,19,21,22);1H/b14-8-;/t12-;/m0./s1. The van der Waals surface area contributed by atoms with Crippen molar-refractivity contribution in [2.45, 2.75) is 32.4 Å². The zero-order valence-corrected chi connectivity index (χ0v) is 15.8. The highest BCUT2D eigenvalue weighted by atomic mass is 35.5. The fraction of sp³-hybridized carbons (Fsp3) is 0.412. The minimum absolute atomic E-state index is 0. The monoisotopic (exact) mass is 383 g/mol. The van der Waals surface area contributed by atoms with Crippen molar-refractivity contribution in [3.05, 3.63) is 28.7 Å². The van der Waals surface area contributed by atoms with Crippen LogP contribution in [0.15, 0.2) is 23.1 Å². The van der Waals surface area contributed by atoms with E-state index in [1.165, 1.54) is 0 Å². The molecule has 2 amide bonds. The molecule has 0 unspecified atom stereocenters. The van der Waals surface area contributed by atoms with Crippen molar-refractivity contribution in [1.82, 2.24) is 5.32 Å². The highest BCUT2D eigenvalue weighted by Crippen LogP contribution is 2.38. The molecule has 0 spiro atoms. The summed E-state index contributed by atoms with van der Waals surface area (Å²) in [5.74, 6) is 0.410. The summed E-state index contributed by atoms with van der Waals surface area (Å²) in [5, 5.41) is 1.94. The summed E-state index contributed by atoms with van der Waals surface area (Å²) in [7, 11) is 0. The molecule has 2 aliphatic rings. The predicted octanol–water partition coefficient (Wildman–Crippen LogP) is 2.76. The topological polar surface area (TPSA) is 84.7 Å². The molecule has 2 saturated heterocycles. The van der Waals surface area contributed by atoms with Crippen molar-refractivity contribution in [2.75, 3.05) is 18.0 Å². The first-order valence-electron chi connectivity index (χ1n) is 7.99. The fourth-order valence-corrected chi connectivity index (χ4v) is 3.57. The number of ether oxygens (including phenoxy) is 1. The molecular formula is C17H22ClN3O3S. The lowest BCUT2D eigenvalue weighted by Crippen LogP contribution is -2.27. The van der Waals surface area contributed by atoms with E-state index in [0.29, 0.717) is 4.91 Å². The summed E-state index contributed by atoms with van der Waals surface area (Å²) in [6.07, 6.45) is 2.70. The van der Waals surface area contributed by atoms with Gasteiger partial charge in [-0.3, -0.25) is 14.9 Å². The van der Waals surface area contributed by atoms with Crippen LogP contribution in [0.3, 0.4) is 0 Å². The zero-order valence-electron chi connectivity index (χ0n) is 14.2. The quantitative estimate of drug-likeness (QED) is 0.778. The fourth-order valence-electron chi connectivity index (χ4n) is 2.90. The van der Waals surface area contributed by atoms with Crippen LogP contribution in [-0.4, -0.2) is 36.4 Å². The van der Waals surface area contributed by atoms with Crippen LogP contribution < -0.4 is 20.7 Å². The Morgan fingerprint density at radius 3 is 2.72 bits per heavy atom. The minimum atomic E-state index is -0.357. The van der Waals surface area contributed by atoms with Crippen LogP contribution in [0.2, 0.25) is 0 Å². The van der Waals surface area contributed by atoms with E-state index >= 15 is 0 Å². The molecule has 1 aromatic rings. The van der Waals surface area contributed by atoms with Crippen LogP contribution in [0.4, 0.5) is 10.5 Å². The van der Waals surface area contributed by atoms with E-state index in [1.54, 1.807) is 6.08 Å². The lowest BCUT2D eigenvalue weighted by molar-refractivity contribution is -0.115. The van der Waals surface area contributed by atoms with Crippen molar-refractivity contribution in [1.29, 1.82) is 0 Å². The maximum Gasteiger partial charge on any atom is 0.290 e. The number of nitrogens with one attached hydrogen (secondary N) is 1. The van der Waals surface area contributed by atoms with Crippen LogP contribution in [0.1, 0.15) is 25.8 Å². The molecule has 2 heterocycles. The Hall–Kier alpha value is -1.70. The molecule has 1 aromatic carbocycles. The number of rotatable bonds is 4. The Bertz CT molecular complexity index is 708. The molecule has 6 nitrogen and oxygen atoms in total. The van der Waals surface area contributed by atoms with Gasteiger partial charge in [-0.15, -0.1) is 12.4 Å². The maximum absolute atomic E-state index is 11.9. The number of imide groups is 1. The SMILES string of the molecule is CC(C)Oc1cccc(/C=C2\SC(=O)NC2=O)c1N1CC[C@H](N)C1.Cl. The molecule has 0 aliphatic carbocycles. The summed E-state index contributed by atoms with van der Waals surface area (Å²) in [4.78, 5) is 25.8. The average Bonchev–Trinajstić information content (AvgIpc) is 3.04. The number of hydrogen-bond donors (Lipinski definition) is 2. The van der Waals surface area contributed by atoms with Gasteiger partial charge in [0.2, 0.25) is 0 Å². The minimum Gasteiger partial charge on any atom is -0.489 e. The summed E-state index contributed by atoms with van der Waals surface area (Å²) in [6.45, 7) is 5.54. The second-order valence-corrected chi connectivity index (χ2v) is 7.22. The molecule has 2 aliphatic heterocycles. The largest absolute Gasteiger partial charge is 0.489 e.